The average Bonchev–Trinajstić information content (AvgIpc) is 2.60. The molecule has 0 saturated heterocycles. The molecule has 2 rings (SSSR count). The minimum absolute atomic E-state index is 0.115. The zero-order valence-corrected chi connectivity index (χ0v) is 14.7. The summed E-state index contributed by atoms with van der Waals surface area (Å²) in [6, 6.07) is 0.817. The molecule has 1 aromatic carbocycles. The van der Waals surface area contributed by atoms with Crippen molar-refractivity contribution in [2.24, 2.45) is 5.92 Å². The maximum atomic E-state index is 12.3. The Bertz CT molecular complexity index is 801. The van der Waals surface area contributed by atoms with Gasteiger partial charge >= 0.3 is 17.7 Å². The van der Waals surface area contributed by atoms with Crippen molar-refractivity contribution < 1.29 is 29.1 Å². The molecule has 1 aliphatic heterocycles. The summed E-state index contributed by atoms with van der Waals surface area (Å²) in [7, 11) is 2.43. The van der Waals surface area contributed by atoms with Gasteiger partial charge < -0.3 is 25.2 Å². The highest BCUT2D eigenvalue weighted by atomic mass is 16.6. The number of hydrogen-bond donors (Lipinski definition) is 3. The van der Waals surface area contributed by atoms with Crippen molar-refractivity contribution in [3.05, 3.63) is 39.1 Å². The number of ether oxygens (including phenoxy) is 2. The minimum atomic E-state index is -1.01. The van der Waals surface area contributed by atoms with E-state index in [4.69, 9.17) is 9.47 Å². The van der Waals surface area contributed by atoms with Gasteiger partial charge in [-0.3, -0.25) is 10.1 Å². The van der Waals surface area contributed by atoms with Gasteiger partial charge in [0.25, 0.3) is 0 Å². The summed E-state index contributed by atoms with van der Waals surface area (Å²) in [5, 5.41) is 26.3. The molecule has 1 atom stereocenters. The molecule has 26 heavy (non-hydrogen) atoms. The number of rotatable bonds is 5. The molecule has 0 bridgehead atoms. The van der Waals surface area contributed by atoms with Gasteiger partial charge in [-0.15, -0.1) is 0 Å². The van der Waals surface area contributed by atoms with Gasteiger partial charge in [0.2, 0.25) is 5.75 Å². The molecule has 0 saturated carbocycles. The summed E-state index contributed by atoms with van der Waals surface area (Å²) in [6.07, 6.45) is 0. The SMILES string of the molecule is COC(=O)C1=C(C(C)C)NC(=O)NC1c1cc(OC)c(O)c([N+](=O)[O-])c1. The topological polar surface area (TPSA) is 140 Å². The van der Waals surface area contributed by atoms with Crippen LogP contribution >= 0.6 is 0 Å². The Morgan fingerprint density at radius 1 is 1.35 bits per heavy atom. The first-order valence-corrected chi connectivity index (χ1v) is 7.66. The van der Waals surface area contributed by atoms with E-state index in [9.17, 15) is 24.8 Å². The first kappa shape index (κ1) is 19.0. The molecule has 10 heteroatoms. The number of benzene rings is 1. The number of carbonyl (C=O) groups excluding carboxylic acids is 2. The van der Waals surface area contributed by atoms with E-state index >= 15 is 0 Å². The second kappa shape index (κ2) is 7.30. The summed E-state index contributed by atoms with van der Waals surface area (Å²) in [6.45, 7) is 3.56. The van der Waals surface area contributed by atoms with E-state index in [-0.39, 0.29) is 22.8 Å². The molecule has 1 heterocycles. The molecule has 2 amide bonds. The predicted octanol–water partition coefficient (Wildman–Crippen LogP) is 1.75. The summed E-state index contributed by atoms with van der Waals surface area (Å²) in [4.78, 5) is 34.8. The van der Waals surface area contributed by atoms with Crippen molar-refractivity contribution in [1.29, 1.82) is 0 Å². The van der Waals surface area contributed by atoms with Crippen molar-refractivity contribution in [1.82, 2.24) is 10.6 Å². The smallest absolute Gasteiger partial charge is 0.337 e. The average molecular weight is 365 g/mol. The standard InChI is InChI=1S/C16H19N3O7/c1-7(2)12-11(15(21)26-4)13(18-16(22)17-12)8-5-9(19(23)24)14(20)10(6-8)25-3/h5-7,13,20H,1-4H3,(H2,17,18,22). The highest BCUT2D eigenvalue weighted by Crippen LogP contribution is 2.41. The third-order valence-corrected chi connectivity index (χ3v) is 3.91. The minimum Gasteiger partial charge on any atom is -0.500 e. The fraction of sp³-hybridized carbons (Fsp3) is 0.375. The van der Waals surface area contributed by atoms with E-state index in [1.807, 2.05) is 0 Å². The maximum Gasteiger partial charge on any atom is 0.337 e. The monoisotopic (exact) mass is 365 g/mol. The molecule has 140 valence electrons. The number of nitrogens with zero attached hydrogens (tertiary/aromatic N) is 1. The molecule has 0 aliphatic carbocycles. The molecule has 1 unspecified atom stereocenters. The van der Waals surface area contributed by atoms with Crippen LogP contribution in [0.25, 0.3) is 0 Å². The van der Waals surface area contributed by atoms with Crippen LogP contribution in [0.5, 0.6) is 11.5 Å². The Morgan fingerprint density at radius 2 is 2.00 bits per heavy atom. The molecular formula is C16H19N3O7. The van der Waals surface area contributed by atoms with E-state index in [2.05, 4.69) is 10.6 Å². The first-order valence-electron chi connectivity index (χ1n) is 7.66. The zero-order valence-electron chi connectivity index (χ0n) is 14.7. The lowest BCUT2D eigenvalue weighted by atomic mass is 9.91. The number of amides is 2. The Kier molecular flexibility index (Phi) is 5.34. The number of nitrogens with one attached hydrogen (secondary N) is 2. The number of urea groups is 1. The summed E-state index contributed by atoms with van der Waals surface area (Å²) in [5.41, 5.74) is 0.0478. The molecule has 1 aromatic rings. The van der Waals surface area contributed by atoms with Gasteiger partial charge in [-0.25, -0.2) is 9.59 Å². The molecule has 1 aliphatic rings. The second-order valence-electron chi connectivity index (χ2n) is 5.85. The van der Waals surface area contributed by atoms with Gasteiger partial charge in [0.15, 0.2) is 5.75 Å². The number of methoxy groups -OCH3 is 2. The number of esters is 1. The number of hydrogen-bond acceptors (Lipinski definition) is 7. The van der Waals surface area contributed by atoms with E-state index in [1.165, 1.54) is 20.3 Å². The van der Waals surface area contributed by atoms with E-state index in [0.717, 1.165) is 6.07 Å². The van der Waals surface area contributed by atoms with Crippen LogP contribution < -0.4 is 15.4 Å². The molecule has 3 N–H and O–H groups in total. The highest BCUT2D eigenvalue weighted by Gasteiger charge is 2.36. The largest absolute Gasteiger partial charge is 0.500 e. The first-order chi connectivity index (χ1) is 12.2. The van der Waals surface area contributed by atoms with Crippen molar-refractivity contribution in [3.8, 4) is 11.5 Å². The molecular weight excluding hydrogens is 346 g/mol. The Hall–Kier alpha value is -3.30. The number of allylic oxidation sites excluding steroid dienone is 1. The van der Waals surface area contributed by atoms with Crippen LogP contribution in [-0.2, 0) is 9.53 Å². The third-order valence-electron chi connectivity index (χ3n) is 3.91. The van der Waals surface area contributed by atoms with Crippen molar-refractivity contribution in [3.63, 3.8) is 0 Å². The van der Waals surface area contributed by atoms with Crippen LogP contribution in [0.4, 0.5) is 10.5 Å². The van der Waals surface area contributed by atoms with Gasteiger partial charge in [0.05, 0.1) is 30.8 Å². The number of aromatic hydroxyl groups is 1. The number of carbonyl (C=O) groups is 2. The zero-order chi connectivity index (χ0) is 19.6. The lowest BCUT2D eigenvalue weighted by molar-refractivity contribution is -0.386. The fourth-order valence-corrected chi connectivity index (χ4v) is 2.70. The maximum absolute atomic E-state index is 12.3. The Balaban J connectivity index is 2.73. The molecule has 10 nitrogen and oxygen atoms in total. The van der Waals surface area contributed by atoms with Crippen molar-refractivity contribution in [2.75, 3.05) is 14.2 Å². The third kappa shape index (κ3) is 3.39. The van der Waals surface area contributed by atoms with Crippen LogP contribution in [0.1, 0.15) is 25.5 Å². The lowest BCUT2D eigenvalue weighted by Crippen LogP contribution is -2.47. The molecule has 0 spiro atoms. The van der Waals surface area contributed by atoms with Gasteiger partial charge in [0, 0.05) is 11.8 Å². The number of nitro benzene ring substituents is 1. The molecule has 0 aromatic heterocycles. The second-order valence-corrected chi connectivity index (χ2v) is 5.85. The molecule has 0 fully saturated rings. The highest BCUT2D eigenvalue weighted by molar-refractivity contribution is 5.95. The van der Waals surface area contributed by atoms with Crippen molar-refractivity contribution >= 4 is 17.7 Å². The van der Waals surface area contributed by atoms with E-state index in [1.54, 1.807) is 13.8 Å². The van der Waals surface area contributed by atoms with Gasteiger partial charge in [-0.05, 0) is 17.5 Å². The van der Waals surface area contributed by atoms with Gasteiger partial charge in [0.1, 0.15) is 0 Å². The van der Waals surface area contributed by atoms with E-state index < -0.39 is 34.4 Å². The summed E-state index contributed by atoms with van der Waals surface area (Å²) < 4.78 is 9.79. The van der Waals surface area contributed by atoms with Crippen LogP contribution in [0.15, 0.2) is 23.4 Å². The fourth-order valence-electron chi connectivity index (χ4n) is 2.70. The normalized spacial score (nSPS) is 16.8. The van der Waals surface area contributed by atoms with Crippen LogP contribution in [0.3, 0.4) is 0 Å². The number of phenols is 1. The van der Waals surface area contributed by atoms with E-state index in [0.29, 0.717) is 5.70 Å². The van der Waals surface area contributed by atoms with Crippen LogP contribution in [0.2, 0.25) is 0 Å². The van der Waals surface area contributed by atoms with Gasteiger partial charge in [-0.1, -0.05) is 13.8 Å². The number of phenolic OH excluding ortho intramolecular Hbond substituents is 1. The van der Waals surface area contributed by atoms with Crippen LogP contribution in [-0.4, -0.2) is 36.2 Å². The summed E-state index contributed by atoms with van der Waals surface area (Å²) >= 11 is 0. The quantitative estimate of drug-likeness (QED) is 0.410. The molecule has 0 radical (unpaired) electrons. The predicted molar refractivity (Wildman–Crippen MR) is 89.6 cm³/mol. The van der Waals surface area contributed by atoms with Crippen molar-refractivity contribution in [2.45, 2.75) is 19.9 Å². The Morgan fingerprint density at radius 3 is 2.50 bits per heavy atom. The van der Waals surface area contributed by atoms with Gasteiger partial charge in [-0.2, -0.15) is 0 Å². The van der Waals surface area contributed by atoms with Crippen LogP contribution in [0, 0.1) is 16.0 Å². The lowest BCUT2D eigenvalue weighted by Gasteiger charge is -2.30. The summed E-state index contributed by atoms with van der Waals surface area (Å²) in [5.74, 6) is -1.71. The Labute approximate surface area is 148 Å². The number of nitro groups is 1.